The van der Waals surface area contributed by atoms with Gasteiger partial charge in [0.25, 0.3) is 5.91 Å². The quantitative estimate of drug-likeness (QED) is 0.882. The van der Waals surface area contributed by atoms with Crippen LogP contribution in [0.4, 0.5) is 0 Å². The molecule has 2 N–H and O–H groups in total. The first-order chi connectivity index (χ1) is 10.1. The second kappa shape index (κ2) is 5.37. The predicted octanol–water partition coefficient (Wildman–Crippen LogP) is 1.23. The Kier molecular flexibility index (Phi) is 3.55. The van der Waals surface area contributed by atoms with Crippen molar-refractivity contribution in [2.75, 3.05) is 13.2 Å². The lowest BCUT2D eigenvalue weighted by Gasteiger charge is -2.40. The summed E-state index contributed by atoms with van der Waals surface area (Å²) in [5, 5.41) is 20.1. The first-order valence-electron chi connectivity index (χ1n) is 7.12. The van der Waals surface area contributed by atoms with Gasteiger partial charge in [0.15, 0.2) is 0 Å². The van der Waals surface area contributed by atoms with Gasteiger partial charge in [-0.3, -0.25) is 4.79 Å². The van der Waals surface area contributed by atoms with Gasteiger partial charge in [0.1, 0.15) is 5.52 Å². The molecule has 1 saturated carbocycles. The average Bonchev–Trinajstić information content (AvgIpc) is 2.45. The highest BCUT2D eigenvalue weighted by Crippen LogP contribution is 2.39. The molecule has 0 atom stereocenters. The van der Waals surface area contributed by atoms with Crippen LogP contribution in [-0.2, 0) is 0 Å². The van der Waals surface area contributed by atoms with Gasteiger partial charge < -0.3 is 10.4 Å². The molecule has 2 aromatic rings. The molecule has 1 aromatic heterocycles. The molecule has 110 valence electrons. The number of aliphatic hydroxyl groups is 1. The standard InChI is InChI=1S/C15H18N4O2/c1-10-3-4-11-12(7-10)17-13(19-18-11)14(21)16-8-15(9-20)5-2-6-15/h3-4,7,20H,2,5-6,8-9H2,1H3,(H,16,21). The van der Waals surface area contributed by atoms with Gasteiger partial charge in [0.2, 0.25) is 5.82 Å². The molecule has 1 aromatic carbocycles. The number of nitrogens with zero attached hydrogens (tertiary/aromatic N) is 3. The van der Waals surface area contributed by atoms with Crippen molar-refractivity contribution < 1.29 is 9.90 Å². The fraction of sp³-hybridized carbons (Fsp3) is 0.467. The van der Waals surface area contributed by atoms with Gasteiger partial charge in [-0.2, -0.15) is 0 Å². The number of benzene rings is 1. The monoisotopic (exact) mass is 286 g/mol. The molecular weight excluding hydrogens is 268 g/mol. The van der Waals surface area contributed by atoms with Crippen LogP contribution < -0.4 is 5.32 Å². The van der Waals surface area contributed by atoms with Crippen LogP contribution in [0.1, 0.15) is 35.4 Å². The van der Waals surface area contributed by atoms with Crippen LogP contribution in [0.15, 0.2) is 18.2 Å². The van der Waals surface area contributed by atoms with E-state index in [4.69, 9.17) is 0 Å². The van der Waals surface area contributed by atoms with E-state index in [1.54, 1.807) is 0 Å². The minimum atomic E-state index is -0.342. The molecule has 0 radical (unpaired) electrons. The fourth-order valence-electron chi connectivity index (χ4n) is 2.56. The maximum absolute atomic E-state index is 12.1. The van der Waals surface area contributed by atoms with Crippen molar-refractivity contribution >= 4 is 16.9 Å². The zero-order chi connectivity index (χ0) is 14.9. The summed E-state index contributed by atoms with van der Waals surface area (Å²) in [6.07, 6.45) is 2.99. The Bertz CT molecular complexity index is 677. The van der Waals surface area contributed by atoms with Crippen LogP contribution in [0.25, 0.3) is 11.0 Å². The molecular formula is C15H18N4O2. The largest absolute Gasteiger partial charge is 0.396 e. The zero-order valence-corrected chi connectivity index (χ0v) is 12.0. The molecule has 6 heteroatoms. The fourth-order valence-corrected chi connectivity index (χ4v) is 2.56. The number of aliphatic hydroxyl groups excluding tert-OH is 1. The van der Waals surface area contributed by atoms with Crippen molar-refractivity contribution in [2.45, 2.75) is 26.2 Å². The highest BCUT2D eigenvalue weighted by molar-refractivity contribution is 5.91. The molecule has 21 heavy (non-hydrogen) atoms. The number of fused-ring (bicyclic) bond motifs is 1. The van der Waals surface area contributed by atoms with Crippen molar-refractivity contribution in [3.8, 4) is 0 Å². The molecule has 3 rings (SSSR count). The van der Waals surface area contributed by atoms with Gasteiger partial charge in [0, 0.05) is 12.0 Å². The van der Waals surface area contributed by atoms with E-state index in [1.807, 2.05) is 25.1 Å². The lowest BCUT2D eigenvalue weighted by Crippen LogP contribution is -2.44. The Morgan fingerprint density at radius 1 is 1.33 bits per heavy atom. The first-order valence-corrected chi connectivity index (χ1v) is 7.12. The molecule has 0 unspecified atom stereocenters. The Balaban J connectivity index is 1.75. The number of hydrogen-bond donors (Lipinski definition) is 2. The van der Waals surface area contributed by atoms with E-state index >= 15 is 0 Å². The molecule has 0 spiro atoms. The Hall–Kier alpha value is -2.08. The second-order valence-electron chi connectivity index (χ2n) is 5.82. The number of hydrogen-bond acceptors (Lipinski definition) is 5. The topological polar surface area (TPSA) is 88.0 Å². The molecule has 0 bridgehead atoms. The van der Waals surface area contributed by atoms with Crippen molar-refractivity contribution in [3.05, 3.63) is 29.6 Å². The summed E-state index contributed by atoms with van der Waals surface area (Å²) in [5.74, 6) is -0.272. The third-order valence-corrected chi connectivity index (χ3v) is 4.19. The molecule has 6 nitrogen and oxygen atoms in total. The SMILES string of the molecule is Cc1ccc2nnc(C(=O)NCC3(CO)CCC3)nc2c1. The molecule has 1 aliphatic rings. The molecule has 0 saturated heterocycles. The predicted molar refractivity (Wildman–Crippen MR) is 77.8 cm³/mol. The number of nitrogens with one attached hydrogen (secondary N) is 1. The van der Waals surface area contributed by atoms with Crippen LogP contribution in [0.3, 0.4) is 0 Å². The van der Waals surface area contributed by atoms with E-state index in [0.29, 0.717) is 17.6 Å². The summed E-state index contributed by atoms with van der Waals surface area (Å²) in [4.78, 5) is 16.4. The van der Waals surface area contributed by atoms with Gasteiger partial charge in [-0.05, 0) is 37.5 Å². The van der Waals surface area contributed by atoms with Crippen LogP contribution in [0, 0.1) is 12.3 Å². The van der Waals surface area contributed by atoms with Crippen molar-refractivity contribution in [1.82, 2.24) is 20.5 Å². The van der Waals surface area contributed by atoms with Crippen molar-refractivity contribution in [3.63, 3.8) is 0 Å². The lowest BCUT2D eigenvalue weighted by atomic mass is 9.69. The summed E-state index contributed by atoms with van der Waals surface area (Å²) in [7, 11) is 0. The summed E-state index contributed by atoms with van der Waals surface area (Å²) in [6, 6.07) is 5.64. The second-order valence-corrected chi connectivity index (χ2v) is 5.82. The summed E-state index contributed by atoms with van der Waals surface area (Å²) in [6.45, 7) is 2.52. The van der Waals surface area contributed by atoms with E-state index in [2.05, 4.69) is 20.5 Å². The van der Waals surface area contributed by atoms with Crippen molar-refractivity contribution in [2.24, 2.45) is 5.41 Å². The number of carbonyl (C=O) groups excluding carboxylic acids is 1. The summed E-state index contributed by atoms with van der Waals surface area (Å²) < 4.78 is 0. The number of carbonyl (C=O) groups is 1. The van der Waals surface area contributed by atoms with Gasteiger partial charge >= 0.3 is 0 Å². The molecule has 1 fully saturated rings. The number of aromatic nitrogens is 3. The van der Waals surface area contributed by atoms with E-state index < -0.39 is 0 Å². The van der Waals surface area contributed by atoms with E-state index in [0.717, 1.165) is 24.8 Å². The Morgan fingerprint density at radius 3 is 2.81 bits per heavy atom. The maximum atomic E-state index is 12.1. The lowest BCUT2D eigenvalue weighted by molar-refractivity contribution is 0.0426. The van der Waals surface area contributed by atoms with Gasteiger partial charge in [-0.1, -0.05) is 12.5 Å². The first kappa shape index (κ1) is 13.9. The van der Waals surface area contributed by atoms with Crippen LogP contribution >= 0.6 is 0 Å². The number of amides is 1. The van der Waals surface area contributed by atoms with E-state index in [9.17, 15) is 9.90 Å². The zero-order valence-electron chi connectivity index (χ0n) is 12.0. The molecule has 1 amide bonds. The Morgan fingerprint density at radius 2 is 2.14 bits per heavy atom. The molecule has 1 heterocycles. The van der Waals surface area contributed by atoms with Gasteiger partial charge in [-0.25, -0.2) is 4.98 Å². The summed E-state index contributed by atoms with van der Waals surface area (Å²) >= 11 is 0. The summed E-state index contributed by atoms with van der Waals surface area (Å²) in [5.41, 5.74) is 2.23. The minimum absolute atomic E-state index is 0.0699. The number of rotatable bonds is 4. The van der Waals surface area contributed by atoms with Crippen LogP contribution in [0.2, 0.25) is 0 Å². The van der Waals surface area contributed by atoms with Crippen LogP contribution in [-0.4, -0.2) is 39.3 Å². The minimum Gasteiger partial charge on any atom is -0.396 e. The molecule has 1 aliphatic carbocycles. The smallest absolute Gasteiger partial charge is 0.291 e. The van der Waals surface area contributed by atoms with E-state index in [-0.39, 0.29) is 23.8 Å². The Labute approximate surface area is 122 Å². The third kappa shape index (κ3) is 2.71. The maximum Gasteiger partial charge on any atom is 0.291 e. The van der Waals surface area contributed by atoms with Crippen molar-refractivity contribution in [1.29, 1.82) is 0 Å². The highest BCUT2D eigenvalue weighted by atomic mass is 16.3. The average molecular weight is 286 g/mol. The van der Waals surface area contributed by atoms with Crippen LogP contribution in [0.5, 0.6) is 0 Å². The highest BCUT2D eigenvalue weighted by Gasteiger charge is 2.36. The third-order valence-electron chi connectivity index (χ3n) is 4.19. The molecule has 0 aliphatic heterocycles. The number of aryl methyl sites for hydroxylation is 1. The van der Waals surface area contributed by atoms with E-state index in [1.165, 1.54) is 0 Å². The van der Waals surface area contributed by atoms with Gasteiger partial charge in [-0.15, -0.1) is 10.2 Å². The normalized spacial score (nSPS) is 16.5. The van der Waals surface area contributed by atoms with Gasteiger partial charge in [0.05, 0.1) is 12.1 Å².